The van der Waals surface area contributed by atoms with E-state index in [1.807, 2.05) is 68.4 Å². The van der Waals surface area contributed by atoms with Crippen LogP contribution in [0.2, 0.25) is 0 Å². The normalized spacial score (nSPS) is 12.6. The van der Waals surface area contributed by atoms with Gasteiger partial charge in [-0.3, -0.25) is 0 Å². The highest BCUT2D eigenvalue weighted by Gasteiger charge is 2.13. The van der Waals surface area contributed by atoms with E-state index in [0.29, 0.717) is 11.5 Å². The molecule has 1 heterocycles. The van der Waals surface area contributed by atoms with Gasteiger partial charge in [0.25, 0.3) is 0 Å². The summed E-state index contributed by atoms with van der Waals surface area (Å²) in [4.78, 5) is 12.5. The Morgan fingerprint density at radius 2 is 1.96 bits per heavy atom. The maximum Gasteiger partial charge on any atom is 0.175 e. The van der Waals surface area contributed by atoms with E-state index in [0.717, 1.165) is 22.2 Å². The third-order valence-corrected chi connectivity index (χ3v) is 3.90. The van der Waals surface area contributed by atoms with Gasteiger partial charge in [-0.2, -0.15) is 5.26 Å². The summed E-state index contributed by atoms with van der Waals surface area (Å²) in [7, 11) is 0. The molecule has 2 N–H and O–H groups in total. The number of aryl methyl sites for hydroxylation is 1. The van der Waals surface area contributed by atoms with Gasteiger partial charge in [0.2, 0.25) is 0 Å². The van der Waals surface area contributed by atoms with E-state index < -0.39 is 0 Å². The van der Waals surface area contributed by atoms with E-state index in [1.54, 1.807) is 0 Å². The van der Waals surface area contributed by atoms with Crippen molar-refractivity contribution < 1.29 is 9.94 Å². The minimum absolute atomic E-state index is 0.0318. The summed E-state index contributed by atoms with van der Waals surface area (Å²) in [5.41, 5.74) is 4.31. The van der Waals surface area contributed by atoms with Crippen molar-refractivity contribution in [3.8, 4) is 6.07 Å². The first kappa shape index (κ1) is 17.2. The number of fused-ring (bicyclic) bond motifs is 1. The molecule has 2 aromatic carbocycles. The summed E-state index contributed by atoms with van der Waals surface area (Å²) in [5.74, 6) is 0.0704. The molecule has 0 bridgehead atoms. The van der Waals surface area contributed by atoms with Gasteiger partial charge in [-0.15, -0.1) is 0 Å². The fraction of sp³-hybridized carbons (Fsp3) is 0.150. The molecule has 1 aromatic heterocycles. The van der Waals surface area contributed by atoms with E-state index >= 15 is 0 Å². The van der Waals surface area contributed by atoms with E-state index in [-0.39, 0.29) is 17.9 Å². The number of aromatic amines is 1. The van der Waals surface area contributed by atoms with E-state index in [1.165, 1.54) is 0 Å². The molecule has 0 spiro atoms. The van der Waals surface area contributed by atoms with Crippen LogP contribution in [-0.2, 0) is 4.84 Å². The molecule has 26 heavy (non-hydrogen) atoms. The number of nitrogens with one attached hydrogen (secondary N) is 1. The van der Waals surface area contributed by atoms with E-state index in [9.17, 15) is 10.4 Å². The van der Waals surface area contributed by atoms with Crippen molar-refractivity contribution in [1.82, 2.24) is 9.97 Å². The Morgan fingerprint density at radius 3 is 2.65 bits per heavy atom. The van der Waals surface area contributed by atoms with Gasteiger partial charge >= 0.3 is 0 Å². The van der Waals surface area contributed by atoms with Crippen molar-refractivity contribution >= 4 is 22.3 Å². The summed E-state index contributed by atoms with van der Waals surface area (Å²) in [6, 6.07) is 17.2. The van der Waals surface area contributed by atoms with Crippen LogP contribution in [0.1, 0.15) is 23.9 Å². The number of hydrogen-bond acceptors (Lipinski definition) is 5. The molecule has 0 radical (unpaired) electrons. The number of nitrogens with zero attached hydrogens (tertiary/aromatic N) is 3. The highest BCUT2D eigenvalue weighted by Crippen LogP contribution is 2.18. The largest absolute Gasteiger partial charge is 0.507 e. The Kier molecular flexibility index (Phi) is 4.99. The van der Waals surface area contributed by atoms with Crippen LogP contribution in [0.5, 0.6) is 0 Å². The monoisotopic (exact) mass is 346 g/mol. The average Bonchev–Trinajstić information content (AvgIpc) is 3.06. The molecule has 6 heteroatoms. The number of aliphatic hydroxyl groups is 1. The summed E-state index contributed by atoms with van der Waals surface area (Å²) < 4.78 is 0. The number of para-hydroxylation sites is 2. The van der Waals surface area contributed by atoms with Crippen LogP contribution in [0.15, 0.2) is 59.4 Å². The van der Waals surface area contributed by atoms with Crippen LogP contribution in [0, 0.1) is 18.3 Å². The van der Waals surface area contributed by atoms with Gasteiger partial charge in [-0.1, -0.05) is 47.1 Å². The Morgan fingerprint density at radius 1 is 1.23 bits per heavy atom. The zero-order valence-corrected chi connectivity index (χ0v) is 14.5. The lowest BCUT2D eigenvalue weighted by atomic mass is 10.1. The van der Waals surface area contributed by atoms with Gasteiger partial charge in [0.05, 0.1) is 16.7 Å². The standard InChI is InChI=1S/C20H18N4O2/c1-13-7-9-15(10-8-13)14(2)24-26-12-19(25)16(11-21)20-22-17-5-3-4-6-18(17)23-20/h3-10,25H,12H2,1-2H3,(H,22,23)/b19-16-,24-14?. The number of aliphatic hydroxyl groups excluding tert-OH is 1. The van der Waals surface area contributed by atoms with Crippen molar-refractivity contribution in [3.05, 3.63) is 71.2 Å². The summed E-state index contributed by atoms with van der Waals surface area (Å²) >= 11 is 0. The van der Waals surface area contributed by atoms with Gasteiger partial charge in [0.1, 0.15) is 11.6 Å². The van der Waals surface area contributed by atoms with Crippen LogP contribution >= 0.6 is 0 Å². The molecule has 0 saturated carbocycles. The molecule has 0 fully saturated rings. The SMILES string of the molecule is CC(=NOC/C(O)=C(\C#N)c1nc2ccccc2[nH]1)c1ccc(C)cc1. The van der Waals surface area contributed by atoms with Gasteiger partial charge in [-0.25, -0.2) is 4.98 Å². The zero-order chi connectivity index (χ0) is 18.5. The first-order chi connectivity index (χ1) is 12.6. The molecule has 0 unspecified atom stereocenters. The van der Waals surface area contributed by atoms with Crippen molar-refractivity contribution in [2.75, 3.05) is 6.61 Å². The summed E-state index contributed by atoms with van der Waals surface area (Å²) in [6.45, 7) is 3.61. The van der Waals surface area contributed by atoms with E-state index in [4.69, 9.17) is 4.84 Å². The smallest absolute Gasteiger partial charge is 0.175 e. The van der Waals surface area contributed by atoms with Gasteiger partial charge < -0.3 is 14.9 Å². The van der Waals surface area contributed by atoms with Crippen molar-refractivity contribution in [1.29, 1.82) is 5.26 Å². The first-order valence-corrected chi connectivity index (χ1v) is 8.09. The number of allylic oxidation sites excluding steroid dienone is 1. The molecule has 0 aliphatic rings. The molecule has 0 saturated heterocycles. The Bertz CT molecular complexity index is 991. The first-order valence-electron chi connectivity index (χ1n) is 8.09. The fourth-order valence-corrected chi connectivity index (χ4v) is 2.44. The average molecular weight is 346 g/mol. The van der Waals surface area contributed by atoms with Crippen LogP contribution in [-0.4, -0.2) is 27.4 Å². The fourth-order valence-electron chi connectivity index (χ4n) is 2.44. The molecular weight excluding hydrogens is 328 g/mol. The second kappa shape index (κ2) is 7.53. The number of nitriles is 1. The maximum atomic E-state index is 10.2. The summed E-state index contributed by atoms with van der Waals surface area (Å²) in [6.07, 6.45) is 0. The van der Waals surface area contributed by atoms with Crippen LogP contribution in [0.4, 0.5) is 0 Å². The number of rotatable bonds is 5. The quantitative estimate of drug-likeness (QED) is 0.315. The highest BCUT2D eigenvalue weighted by atomic mass is 16.6. The second-order valence-electron chi connectivity index (χ2n) is 5.85. The maximum absolute atomic E-state index is 10.2. The molecular formula is C20H18N4O2. The molecule has 6 nitrogen and oxygen atoms in total. The number of benzene rings is 2. The molecule has 0 aliphatic carbocycles. The second-order valence-corrected chi connectivity index (χ2v) is 5.85. The topological polar surface area (TPSA) is 94.3 Å². The molecule has 3 rings (SSSR count). The van der Waals surface area contributed by atoms with Crippen LogP contribution in [0.3, 0.4) is 0 Å². The highest BCUT2D eigenvalue weighted by molar-refractivity contribution is 5.98. The van der Waals surface area contributed by atoms with Gasteiger partial charge in [0, 0.05) is 0 Å². The lowest BCUT2D eigenvalue weighted by Crippen LogP contribution is -2.01. The lowest BCUT2D eigenvalue weighted by molar-refractivity contribution is 0.137. The van der Waals surface area contributed by atoms with E-state index in [2.05, 4.69) is 15.1 Å². The minimum Gasteiger partial charge on any atom is -0.507 e. The lowest BCUT2D eigenvalue weighted by Gasteiger charge is -2.04. The molecule has 0 aliphatic heterocycles. The third kappa shape index (κ3) is 3.73. The minimum atomic E-state index is -0.230. The molecule has 130 valence electrons. The third-order valence-electron chi connectivity index (χ3n) is 3.90. The van der Waals surface area contributed by atoms with Crippen LogP contribution < -0.4 is 0 Å². The molecule has 0 atom stereocenters. The van der Waals surface area contributed by atoms with Gasteiger partial charge in [-0.05, 0) is 31.5 Å². The predicted molar refractivity (Wildman–Crippen MR) is 101 cm³/mol. The van der Waals surface area contributed by atoms with Crippen molar-refractivity contribution in [3.63, 3.8) is 0 Å². The Balaban J connectivity index is 1.75. The number of imidazole rings is 1. The van der Waals surface area contributed by atoms with Crippen LogP contribution in [0.25, 0.3) is 16.6 Å². The number of H-pyrrole nitrogens is 1. The van der Waals surface area contributed by atoms with Crippen molar-refractivity contribution in [2.45, 2.75) is 13.8 Å². The molecule has 0 amide bonds. The zero-order valence-electron chi connectivity index (χ0n) is 14.5. The Labute approximate surface area is 151 Å². The molecule has 3 aromatic rings. The number of aromatic nitrogens is 2. The number of oxime groups is 1. The summed E-state index contributed by atoms with van der Waals surface area (Å²) in [5, 5.41) is 23.6. The van der Waals surface area contributed by atoms with Gasteiger partial charge in [0.15, 0.2) is 18.2 Å². The Hall–Kier alpha value is -3.59. The number of hydrogen-bond donors (Lipinski definition) is 2. The predicted octanol–water partition coefficient (Wildman–Crippen LogP) is 4.10. The van der Waals surface area contributed by atoms with Crippen molar-refractivity contribution in [2.24, 2.45) is 5.16 Å².